The van der Waals surface area contributed by atoms with Crippen LogP contribution in [-0.4, -0.2) is 43.9 Å². The highest BCUT2D eigenvalue weighted by Crippen LogP contribution is 2.26. The molecule has 0 aliphatic carbocycles. The zero-order valence-corrected chi connectivity index (χ0v) is 24.1. The number of nitrogens with two attached hydrogens (primary N) is 1. The number of unbranched alkanes of at least 4 members (excludes halogenated alkanes) is 1. The molecule has 0 aliphatic heterocycles. The van der Waals surface area contributed by atoms with E-state index in [9.17, 15) is 23.6 Å². The third kappa shape index (κ3) is 7.93. The van der Waals surface area contributed by atoms with Gasteiger partial charge in [0.15, 0.2) is 0 Å². The molecule has 0 spiro atoms. The molecule has 42 heavy (non-hydrogen) atoms. The number of carbonyl (C=O) groups is 2. The molecule has 3 aromatic rings. The Labute approximate surface area is 242 Å². The van der Waals surface area contributed by atoms with Crippen LogP contribution in [0.5, 0.6) is 5.75 Å². The number of halogens is 1. The van der Waals surface area contributed by atoms with E-state index >= 15 is 0 Å². The summed E-state index contributed by atoms with van der Waals surface area (Å²) in [4.78, 5) is 48.0. The minimum Gasteiger partial charge on any atom is -0.494 e. The number of ether oxygens (including phenoxy) is 2. The van der Waals surface area contributed by atoms with Gasteiger partial charge in [0, 0.05) is 30.4 Å². The van der Waals surface area contributed by atoms with Gasteiger partial charge in [0.1, 0.15) is 34.7 Å². The van der Waals surface area contributed by atoms with Gasteiger partial charge in [-0.25, -0.2) is 9.18 Å². The molecule has 1 unspecified atom stereocenters. The van der Waals surface area contributed by atoms with Crippen molar-refractivity contribution in [1.29, 1.82) is 5.41 Å². The predicted octanol–water partition coefficient (Wildman–Crippen LogP) is 2.96. The predicted molar refractivity (Wildman–Crippen MR) is 159 cm³/mol. The highest BCUT2D eigenvalue weighted by molar-refractivity contribution is 6.45. The van der Waals surface area contributed by atoms with Crippen LogP contribution >= 0.6 is 0 Å². The SMILES string of the molecule is COC(=O)C(NC(=O)C(=N)c1ccc(OCCCCNc2c(N)c(=O)c2=O)cc1NCc1ccc(F)cc1)C(C)(C)C. The lowest BCUT2D eigenvalue weighted by atomic mass is 9.86. The summed E-state index contributed by atoms with van der Waals surface area (Å²) in [5, 5.41) is 17.3. The summed E-state index contributed by atoms with van der Waals surface area (Å²) in [5.74, 6) is -1.26. The summed E-state index contributed by atoms with van der Waals surface area (Å²) >= 11 is 0. The van der Waals surface area contributed by atoms with E-state index in [0.717, 1.165) is 5.56 Å². The maximum atomic E-state index is 13.4. The van der Waals surface area contributed by atoms with Gasteiger partial charge in [-0.05, 0) is 48.1 Å². The largest absolute Gasteiger partial charge is 0.494 e. The molecule has 0 bridgehead atoms. The van der Waals surface area contributed by atoms with E-state index in [0.29, 0.717) is 37.4 Å². The Hall–Kier alpha value is -4.74. The lowest BCUT2D eigenvalue weighted by molar-refractivity contribution is -0.147. The van der Waals surface area contributed by atoms with Crippen molar-refractivity contribution in [2.45, 2.75) is 46.2 Å². The van der Waals surface area contributed by atoms with Gasteiger partial charge in [0.25, 0.3) is 16.8 Å². The van der Waals surface area contributed by atoms with E-state index in [2.05, 4.69) is 16.0 Å². The van der Waals surface area contributed by atoms with Crippen molar-refractivity contribution in [3.8, 4) is 5.75 Å². The van der Waals surface area contributed by atoms with Crippen LogP contribution < -0.4 is 37.3 Å². The number of methoxy groups -OCH3 is 1. The number of hydrogen-bond acceptors (Lipinski definition) is 10. The molecule has 224 valence electrons. The van der Waals surface area contributed by atoms with Crippen molar-refractivity contribution in [3.63, 3.8) is 0 Å². The zero-order chi connectivity index (χ0) is 31.0. The Balaban J connectivity index is 1.69. The number of hydrogen-bond donors (Lipinski definition) is 5. The van der Waals surface area contributed by atoms with E-state index in [4.69, 9.17) is 20.6 Å². The van der Waals surface area contributed by atoms with Crippen LogP contribution in [0.4, 0.5) is 21.5 Å². The topological polar surface area (TPSA) is 173 Å². The second-order valence-electron chi connectivity index (χ2n) is 10.8. The molecule has 1 atom stereocenters. The number of esters is 1. The average Bonchev–Trinajstić information content (AvgIpc) is 2.97. The first kappa shape index (κ1) is 31.8. The molecule has 12 heteroatoms. The smallest absolute Gasteiger partial charge is 0.328 e. The molecule has 0 radical (unpaired) electrons. The molecular formula is C30H36FN5O6. The summed E-state index contributed by atoms with van der Waals surface area (Å²) in [5.41, 5.74) is 4.79. The van der Waals surface area contributed by atoms with Gasteiger partial charge in [-0.3, -0.25) is 19.8 Å². The van der Waals surface area contributed by atoms with E-state index in [1.807, 2.05) is 0 Å². The maximum Gasteiger partial charge on any atom is 0.328 e. The first-order chi connectivity index (χ1) is 19.8. The quantitative estimate of drug-likeness (QED) is 0.0830. The number of benzene rings is 2. The number of anilines is 3. The molecule has 11 nitrogen and oxygen atoms in total. The maximum absolute atomic E-state index is 13.4. The standard InChI is InChI=1S/C30H36FN5O6/c1-30(2,3)27(29(40)41-4)36-28(39)22(32)20-12-11-19(15-21(20)35-16-17-7-9-18(31)10-8-17)42-14-6-5-13-34-24-23(33)25(37)26(24)38/h7-12,15,27,32,34-35H,5-6,13-14,16,33H2,1-4H3,(H,36,39). The van der Waals surface area contributed by atoms with Crippen LogP contribution in [0.15, 0.2) is 52.1 Å². The van der Waals surface area contributed by atoms with Crippen LogP contribution in [0.3, 0.4) is 0 Å². The summed E-state index contributed by atoms with van der Waals surface area (Å²) in [6.45, 7) is 6.38. The third-order valence-electron chi connectivity index (χ3n) is 6.55. The Morgan fingerprint density at radius 2 is 1.71 bits per heavy atom. The van der Waals surface area contributed by atoms with Crippen molar-refractivity contribution in [1.82, 2.24) is 5.32 Å². The van der Waals surface area contributed by atoms with Gasteiger partial charge in [0.05, 0.1) is 13.7 Å². The van der Waals surface area contributed by atoms with Crippen molar-refractivity contribution in [2.24, 2.45) is 5.41 Å². The molecule has 3 rings (SSSR count). The fraction of sp³-hybridized carbons (Fsp3) is 0.367. The zero-order valence-electron chi connectivity index (χ0n) is 24.1. The fourth-order valence-electron chi connectivity index (χ4n) is 4.06. The van der Waals surface area contributed by atoms with Crippen molar-refractivity contribution in [3.05, 3.63) is 79.9 Å². The van der Waals surface area contributed by atoms with E-state index < -0.39 is 34.2 Å². The van der Waals surface area contributed by atoms with E-state index in [-0.39, 0.29) is 35.0 Å². The van der Waals surface area contributed by atoms with E-state index in [1.54, 1.807) is 51.1 Å². The van der Waals surface area contributed by atoms with Gasteiger partial charge >= 0.3 is 5.97 Å². The Morgan fingerprint density at radius 1 is 1.02 bits per heavy atom. The number of nitrogen functional groups attached to an aromatic ring is 1. The number of nitrogens with one attached hydrogen (secondary N) is 4. The van der Waals surface area contributed by atoms with Crippen LogP contribution in [-0.2, 0) is 20.9 Å². The lowest BCUT2D eigenvalue weighted by Crippen LogP contribution is -2.51. The number of amides is 1. The number of carbonyl (C=O) groups excluding carboxylic acids is 2. The molecule has 6 N–H and O–H groups in total. The molecule has 0 saturated carbocycles. The highest BCUT2D eigenvalue weighted by Gasteiger charge is 2.34. The molecule has 0 saturated heterocycles. The second-order valence-corrected chi connectivity index (χ2v) is 10.8. The van der Waals surface area contributed by atoms with Gasteiger partial charge < -0.3 is 31.2 Å². The normalized spacial score (nSPS) is 11.9. The minimum absolute atomic E-state index is 0.0459. The lowest BCUT2D eigenvalue weighted by Gasteiger charge is -2.29. The molecule has 0 aromatic heterocycles. The summed E-state index contributed by atoms with van der Waals surface area (Å²) < 4.78 is 24.1. The van der Waals surface area contributed by atoms with Gasteiger partial charge in [-0.2, -0.15) is 0 Å². The molecule has 0 aliphatic rings. The number of rotatable bonds is 14. The van der Waals surface area contributed by atoms with Gasteiger partial charge in [-0.15, -0.1) is 0 Å². The fourth-order valence-corrected chi connectivity index (χ4v) is 4.06. The van der Waals surface area contributed by atoms with Crippen LogP contribution in [0, 0.1) is 16.6 Å². The Morgan fingerprint density at radius 3 is 2.33 bits per heavy atom. The molecule has 0 fully saturated rings. The summed E-state index contributed by atoms with van der Waals surface area (Å²) in [7, 11) is 1.23. The first-order valence-corrected chi connectivity index (χ1v) is 13.4. The molecule has 0 heterocycles. The van der Waals surface area contributed by atoms with Crippen LogP contribution in [0.25, 0.3) is 0 Å². The summed E-state index contributed by atoms with van der Waals surface area (Å²) in [6.07, 6.45) is 1.27. The first-order valence-electron chi connectivity index (χ1n) is 13.4. The highest BCUT2D eigenvalue weighted by atomic mass is 19.1. The average molecular weight is 582 g/mol. The Kier molecular flexibility index (Phi) is 10.4. The van der Waals surface area contributed by atoms with Crippen LogP contribution in [0.1, 0.15) is 44.7 Å². The van der Waals surface area contributed by atoms with Crippen molar-refractivity contribution >= 4 is 34.7 Å². The second kappa shape index (κ2) is 13.7. The van der Waals surface area contributed by atoms with Crippen LogP contribution in [0.2, 0.25) is 0 Å². The minimum atomic E-state index is -0.973. The summed E-state index contributed by atoms with van der Waals surface area (Å²) in [6, 6.07) is 9.80. The van der Waals surface area contributed by atoms with Crippen molar-refractivity contribution in [2.75, 3.05) is 36.6 Å². The third-order valence-corrected chi connectivity index (χ3v) is 6.55. The monoisotopic (exact) mass is 581 g/mol. The van der Waals surface area contributed by atoms with Crippen molar-refractivity contribution < 1.29 is 23.5 Å². The Bertz CT molecular complexity index is 1510. The van der Waals surface area contributed by atoms with Gasteiger partial charge in [0.2, 0.25) is 0 Å². The van der Waals surface area contributed by atoms with E-state index in [1.165, 1.54) is 19.2 Å². The molecule has 1 amide bonds. The molecule has 3 aromatic carbocycles. The molecular weight excluding hydrogens is 545 g/mol. The van der Waals surface area contributed by atoms with Gasteiger partial charge in [-0.1, -0.05) is 32.9 Å².